The third kappa shape index (κ3) is 3.95. The van der Waals surface area contributed by atoms with Crippen LogP contribution in [0.2, 0.25) is 5.15 Å². The molecule has 0 radical (unpaired) electrons. The first-order chi connectivity index (χ1) is 12.7. The molecule has 0 aliphatic carbocycles. The number of aromatic nitrogens is 4. The molecule has 0 aliphatic rings. The molecule has 11 heteroatoms. The van der Waals surface area contributed by atoms with E-state index in [1.807, 2.05) is 0 Å². The van der Waals surface area contributed by atoms with Gasteiger partial charge in [0.05, 0.1) is 17.2 Å². The number of anilines is 2. The molecule has 0 fully saturated rings. The van der Waals surface area contributed by atoms with Crippen molar-refractivity contribution in [1.82, 2.24) is 19.6 Å². The zero-order chi connectivity index (χ0) is 19.8. The molecule has 0 atom stereocenters. The van der Waals surface area contributed by atoms with Crippen LogP contribution in [0.1, 0.15) is 20.8 Å². The van der Waals surface area contributed by atoms with Crippen LogP contribution < -0.4 is 4.90 Å². The molecule has 0 bridgehead atoms. The van der Waals surface area contributed by atoms with Gasteiger partial charge in [0.1, 0.15) is 10.8 Å². The van der Waals surface area contributed by atoms with E-state index in [1.54, 1.807) is 26.8 Å². The number of halogens is 1. The van der Waals surface area contributed by atoms with Crippen molar-refractivity contribution in [3.63, 3.8) is 0 Å². The van der Waals surface area contributed by atoms with Gasteiger partial charge < -0.3 is 4.74 Å². The van der Waals surface area contributed by atoms with Crippen molar-refractivity contribution in [2.24, 2.45) is 0 Å². The maximum Gasteiger partial charge on any atom is 0.421 e. The lowest BCUT2D eigenvalue weighted by molar-refractivity contribution is -0.384. The molecule has 0 N–H and O–H groups in total. The summed E-state index contributed by atoms with van der Waals surface area (Å²) in [7, 11) is 0. The van der Waals surface area contributed by atoms with Crippen LogP contribution in [0, 0.1) is 10.1 Å². The summed E-state index contributed by atoms with van der Waals surface area (Å²) in [4.78, 5) is 32.7. The van der Waals surface area contributed by atoms with E-state index in [9.17, 15) is 14.9 Å². The predicted octanol–water partition coefficient (Wildman–Crippen LogP) is 3.76. The van der Waals surface area contributed by atoms with E-state index in [0.717, 1.165) is 11.0 Å². The van der Waals surface area contributed by atoms with Gasteiger partial charge in [-0.05, 0) is 20.8 Å². The molecule has 3 aromatic heterocycles. The third-order valence-electron chi connectivity index (χ3n) is 3.28. The molecule has 3 rings (SSSR count). The fourth-order valence-electron chi connectivity index (χ4n) is 2.28. The zero-order valence-electron chi connectivity index (χ0n) is 14.7. The number of carbonyl (C=O) groups is 1. The first-order valence-corrected chi connectivity index (χ1v) is 8.17. The molecule has 0 saturated heterocycles. The lowest BCUT2D eigenvalue weighted by atomic mass is 10.2. The van der Waals surface area contributed by atoms with E-state index in [-0.39, 0.29) is 22.5 Å². The van der Waals surface area contributed by atoms with Crippen LogP contribution in [0.3, 0.4) is 0 Å². The Labute approximate surface area is 158 Å². The Morgan fingerprint density at radius 1 is 1.30 bits per heavy atom. The summed E-state index contributed by atoms with van der Waals surface area (Å²) in [6, 6.07) is 5.38. The van der Waals surface area contributed by atoms with E-state index in [0.29, 0.717) is 5.65 Å². The van der Waals surface area contributed by atoms with Crippen LogP contribution in [-0.2, 0) is 4.74 Å². The monoisotopic (exact) mass is 390 g/mol. The summed E-state index contributed by atoms with van der Waals surface area (Å²) < 4.78 is 6.80. The van der Waals surface area contributed by atoms with Gasteiger partial charge in [0.2, 0.25) is 0 Å². The van der Waals surface area contributed by atoms with Crippen molar-refractivity contribution in [3.05, 3.63) is 51.9 Å². The highest BCUT2D eigenvalue weighted by molar-refractivity contribution is 6.29. The number of hydrogen-bond acceptors (Lipinski definition) is 7. The molecule has 0 unspecified atom stereocenters. The van der Waals surface area contributed by atoms with Crippen molar-refractivity contribution in [1.29, 1.82) is 0 Å². The second-order valence-electron chi connectivity index (χ2n) is 6.48. The van der Waals surface area contributed by atoms with Gasteiger partial charge in [-0.2, -0.15) is 9.61 Å². The topological polar surface area (TPSA) is 116 Å². The number of fused-ring (bicyclic) bond motifs is 1. The van der Waals surface area contributed by atoms with E-state index in [2.05, 4.69) is 15.1 Å². The van der Waals surface area contributed by atoms with Crippen LogP contribution in [0.4, 0.5) is 22.1 Å². The highest BCUT2D eigenvalue weighted by Gasteiger charge is 2.29. The molecule has 3 heterocycles. The standard InChI is InChI=1S/C16H15ClN6O4/c1-16(2,3)27-15(24)21(13-8-10(23(25)26)4-6-18-13)14-9-11(17)20-12-5-7-19-22(12)14/h4-9H,1-3H3. The van der Waals surface area contributed by atoms with Gasteiger partial charge in [-0.15, -0.1) is 0 Å². The molecule has 10 nitrogen and oxygen atoms in total. The third-order valence-corrected chi connectivity index (χ3v) is 3.48. The summed E-state index contributed by atoms with van der Waals surface area (Å²) in [6.07, 6.45) is 1.92. The number of ether oxygens (including phenoxy) is 1. The van der Waals surface area contributed by atoms with Gasteiger partial charge in [0, 0.05) is 24.4 Å². The van der Waals surface area contributed by atoms with Crippen LogP contribution in [-0.4, -0.2) is 36.2 Å². The number of rotatable bonds is 3. The van der Waals surface area contributed by atoms with Crippen molar-refractivity contribution in [2.45, 2.75) is 26.4 Å². The van der Waals surface area contributed by atoms with Crippen LogP contribution in [0.5, 0.6) is 0 Å². The summed E-state index contributed by atoms with van der Waals surface area (Å²) in [6.45, 7) is 5.10. The van der Waals surface area contributed by atoms with E-state index in [4.69, 9.17) is 16.3 Å². The Morgan fingerprint density at radius 2 is 2.04 bits per heavy atom. The molecule has 0 spiro atoms. The SMILES string of the molecule is CC(C)(C)OC(=O)N(c1cc([N+](=O)[O-])ccn1)c1cc(Cl)nc2ccnn12. The summed E-state index contributed by atoms with van der Waals surface area (Å²) in [5.74, 6) is 0.162. The first-order valence-electron chi connectivity index (χ1n) is 7.79. The summed E-state index contributed by atoms with van der Waals surface area (Å²) in [5, 5.41) is 15.4. The van der Waals surface area contributed by atoms with Gasteiger partial charge >= 0.3 is 6.09 Å². The number of amides is 1. The van der Waals surface area contributed by atoms with Gasteiger partial charge in [0.15, 0.2) is 17.3 Å². The molecule has 0 aliphatic heterocycles. The fourth-order valence-corrected chi connectivity index (χ4v) is 2.47. The average Bonchev–Trinajstić information content (AvgIpc) is 3.01. The number of nitro groups is 1. The minimum Gasteiger partial charge on any atom is -0.443 e. The molecule has 1 amide bonds. The summed E-state index contributed by atoms with van der Waals surface area (Å²) in [5.41, 5.74) is -0.655. The smallest absolute Gasteiger partial charge is 0.421 e. The van der Waals surface area contributed by atoms with Gasteiger partial charge in [-0.3, -0.25) is 10.1 Å². The Hall–Kier alpha value is -3.27. The van der Waals surface area contributed by atoms with Crippen molar-refractivity contribution in [3.8, 4) is 0 Å². The first kappa shape index (κ1) is 18.5. The summed E-state index contributed by atoms with van der Waals surface area (Å²) >= 11 is 6.07. The van der Waals surface area contributed by atoms with Gasteiger partial charge in [0.25, 0.3) is 5.69 Å². The molecule has 0 aromatic carbocycles. The quantitative estimate of drug-likeness (QED) is 0.379. The number of nitrogens with zero attached hydrogens (tertiary/aromatic N) is 6. The Balaban J connectivity index is 2.21. The molecule has 3 aromatic rings. The van der Waals surface area contributed by atoms with Crippen LogP contribution in [0.25, 0.3) is 5.65 Å². The molecule has 0 saturated carbocycles. The average molecular weight is 391 g/mol. The van der Waals surface area contributed by atoms with Gasteiger partial charge in [-0.25, -0.2) is 19.7 Å². The number of carbonyl (C=O) groups excluding carboxylic acids is 1. The van der Waals surface area contributed by atoms with E-state index >= 15 is 0 Å². The number of pyridine rings is 1. The van der Waals surface area contributed by atoms with Gasteiger partial charge in [-0.1, -0.05) is 11.6 Å². The normalized spacial score (nSPS) is 11.4. The van der Waals surface area contributed by atoms with Crippen molar-refractivity contribution >= 4 is 40.7 Å². The second-order valence-corrected chi connectivity index (χ2v) is 6.87. The van der Waals surface area contributed by atoms with Crippen LogP contribution >= 0.6 is 11.6 Å². The van der Waals surface area contributed by atoms with E-state index in [1.165, 1.54) is 29.0 Å². The lowest BCUT2D eigenvalue weighted by Crippen LogP contribution is -2.35. The molecule has 140 valence electrons. The minimum absolute atomic E-state index is 0.0162. The largest absolute Gasteiger partial charge is 0.443 e. The molecule has 27 heavy (non-hydrogen) atoms. The predicted molar refractivity (Wildman–Crippen MR) is 97.3 cm³/mol. The van der Waals surface area contributed by atoms with E-state index < -0.39 is 16.6 Å². The Bertz CT molecular complexity index is 1030. The highest BCUT2D eigenvalue weighted by atomic mass is 35.5. The zero-order valence-corrected chi connectivity index (χ0v) is 15.4. The van der Waals surface area contributed by atoms with Crippen molar-refractivity contribution in [2.75, 3.05) is 4.90 Å². The Kier molecular flexibility index (Phi) is 4.66. The lowest BCUT2D eigenvalue weighted by Gasteiger charge is -2.26. The highest BCUT2D eigenvalue weighted by Crippen LogP contribution is 2.30. The number of hydrogen-bond donors (Lipinski definition) is 0. The minimum atomic E-state index is -0.809. The van der Waals surface area contributed by atoms with Crippen molar-refractivity contribution < 1.29 is 14.5 Å². The Morgan fingerprint density at radius 3 is 2.70 bits per heavy atom. The fraction of sp³-hybridized carbons (Fsp3) is 0.250. The maximum absolute atomic E-state index is 12.9. The molecular weight excluding hydrogens is 376 g/mol. The molecular formula is C16H15ClN6O4. The maximum atomic E-state index is 12.9. The second kappa shape index (κ2) is 6.80. The van der Waals surface area contributed by atoms with Crippen LogP contribution in [0.15, 0.2) is 36.7 Å².